The van der Waals surface area contributed by atoms with Crippen molar-refractivity contribution in [2.24, 2.45) is 5.92 Å². The average Bonchev–Trinajstić information content (AvgIpc) is 3.41. The average molecular weight is 590 g/mol. The minimum absolute atomic E-state index is 0.0347. The number of carbonyl (C=O) groups is 2. The van der Waals surface area contributed by atoms with Crippen molar-refractivity contribution in [3.63, 3.8) is 0 Å². The lowest BCUT2D eigenvalue weighted by Crippen LogP contribution is -2.60. The first-order valence-corrected chi connectivity index (χ1v) is 15.7. The second kappa shape index (κ2) is 12.8. The fourth-order valence-electron chi connectivity index (χ4n) is 7.08. The van der Waals surface area contributed by atoms with E-state index in [1.54, 1.807) is 6.92 Å². The molecule has 1 amide bonds. The van der Waals surface area contributed by atoms with E-state index in [1.807, 2.05) is 17.0 Å². The van der Waals surface area contributed by atoms with Crippen LogP contribution in [0, 0.1) is 17.6 Å². The van der Waals surface area contributed by atoms with Crippen LogP contribution in [-0.2, 0) is 16.0 Å². The number of piperazine rings is 1. The molecule has 5 nitrogen and oxygen atoms in total. The van der Waals surface area contributed by atoms with Gasteiger partial charge < -0.3 is 4.90 Å². The van der Waals surface area contributed by atoms with E-state index in [9.17, 15) is 14.0 Å². The molecule has 4 atom stereocenters. The monoisotopic (exact) mass is 589 g/mol. The van der Waals surface area contributed by atoms with Gasteiger partial charge in [0, 0.05) is 56.3 Å². The van der Waals surface area contributed by atoms with Gasteiger partial charge in [0.2, 0.25) is 5.91 Å². The summed E-state index contributed by atoms with van der Waals surface area (Å²) < 4.78 is 28.9. The molecule has 0 N–H and O–H groups in total. The van der Waals surface area contributed by atoms with Gasteiger partial charge in [0.15, 0.2) is 0 Å². The molecule has 230 valence electrons. The quantitative estimate of drug-likeness (QED) is 0.303. The molecule has 0 saturated carbocycles. The predicted molar refractivity (Wildman–Crippen MR) is 168 cm³/mol. The van der Waals surface area contributed by atoms with Crippen LogP contribution in [0.2, 0.25) is 0 Å². The largest absolute Gasteiger partial charge is 0.337 e. The van der Waals surface area contributed by atoms with Crippen LogP contribution in [0.25, 0.3) is 10.8 Å². The van der Waals surface area contributed by atoms with E-state index in [0.29, 0.717) is 44.7 Å². The van der Waals surface area contributed by atoms with Crippen LogP contribution in [-0.4, -0.2) is 76.7 Å². The number of ketones is 1. The van der Waals surface area contributed by atoms with E-state index in [0.717, 1.165) is 29.9 Å². The number of amides is 1. The Kier molecular flexibility index (Phi) is 9.33. The van der Waals surface area contributed by atoms with Crippen molar-refractivity contribution in [3.8, 4) is 0 Å². The zero-order valence-corrected chi connectivity index (χ0v) is 26.2. The molecule has 5 rings (SSSR count). The lowest BCUT2D eigenvalue weighted by molar-refractivity contribution is -0.142. The molecule has 0 spiro atoms. The van der Waals surface area contributed by atoms with Crippen LogP contribution in [0.4, 0.5) is 8.78 Å². The van der Waals surface area contributed by atoms with Gasteiger partial charge in [-0.2, -0.15) is 0 Å². The number of halogens is 2. The first-order valence-electron chi connectivity index (χ1n) is 15.7. The summed E-state index contributed by atoms with van der Waals surface area (Å²) >= 11 is 0. The molecule has 2 fully saturated rings. The Balaban J connectivity index is 1.37. The van der Waals surface area contributed by atoms with E-state index in [4.69, 9.17) is 0 Å². The molecule has 2 saturated heterocycles. The molecular weight excluding hydrogens is 544 g/mol. The van der Waals surface area contributed by atoms with Gasteiger partial charge in [-0.1, -0.05) is 61.9 Å². The molecule has 43 heavy (non-hydrogen) atoms. The normalized spacial score (nSPS) is 22.7. The van der Waals surface area contributed by atoms with Gasteiger partial charge in [-0.05, 0) is 68.5 Å². The van der Waals surface area contributed by atoms with Gasteiger partial charge >= 0.3 is 0 Å². The zero-order valence-electron chi connectivity index (χ0n) is 26.2. The molecule has 0 bridgehead atoms. The summed E-state index contributed by atoms with van der Waals surface area (Å²) in [6.45, 7) is 12.9. The van der Waals surface area contributed by atoms with E-state index < -0.39 is 17.6 Å². The van der Waals surface area contributed by atoms with E-state index >= 15 is 4.39 Å². The minimum Gasteiger partial charge on any atom is -0.337 e. The van der Waals surface area contributed by atoms with Crippen molar-refractivity contribution in [2.45, 2.75) is 77.4 Å². The standard InChI is InChI=1S/C36H45F2N3O2/c1-6-9-29-21-39(34(24(2)42)19-25-12-13-26-10-7-8-11-27(26)18-25)16-17-41(29)35(43)32-23-40(36(3,4)5)22-31(32)30-15-14-28(37)20-33(30)38/h7-8,10-15,18,20,29,31-32,34H,6,9,16-17,19,21-23H2,1-5H3/t29-,31-,32+,34-/m0/s1. The third-order valence-electron chi connectivity index (χ3n) is 9.52. The highest BCUT2D eigenvalue weighted by Gasteiger charge is 2.46. The predicted octanol–water partition coefficient (Wildman–Crippen LogP) is 6.45. The second-order valence-corrected chi connectivity index (χ2v) is 13.4. The maximum atomic E-state index is 15.1. The summed E-state index contributed by atoms with van der Waals surface area (Å²) in [5.74, 6) is -1.82. The Hall–Kier alpha value is -3.16. The highest BCUT2D eigenvalue weighted by atomic mass is 19.1. The molecule has 2 aliphatic heterocycles. The Morgan fingerprint density at radius 1 is 0.930 bits per heavy atom. The van der Waals surface area contributed by atoms with Crippen LogP contribution < -0.4 is 0 Å². The number of hydrogen-bond donors (Lipinski definition) is 0. The highest BCUT2D eigenvalue weighted by Crippen LogP contribution is 2.39. The number of rotatable bonds is 8. The lowest BCUT2D eigenvalue weighted by atomic mass is 9.86. The van der Waals surface area contributed by atoms with Gasteiger partial charge in [0.05, 0.1) is 12.0 Å². The second-order valence-electron chi connectivity index (χ2n) is 13.4. The maximum absolute atomic E-state index is 15.1. The number of benzene rings is 3. The fourth-order valence-corrected chi connectivity index (χ4v) is 7.08. The molecule has 2 aliphatic rings. The van der Waals surface area contributed by atoms with Gasteiger partial charge in [-0.3, -0.25) is 19.4 Å². The van der Waals surface area contributed by atoms with Crippen LogP contribution in [0.3, 0.4) is 0 Å². The number of Topliss-reactive ketones (excluding diaryl/α,β-unsaturated/α-hetero) is 1. The summed E-state index contributed by atoms with van der Waals surface area (Å²) in [7, 11) is 0. The summed E-state index contributed by atoms with van der Waals surface area (Å²) in [5.41, 5.74) is 1.34. The van der Waals surface area contributed by atoms with Crippen molar-refractivity contribution >= 4 is 22.5 Å². The van der Waals surface area contributed by atoms with E-state index in [-0.39, 0.29) is 35.2 Å². The number of fused-ring (bicyclic) bond motifs is 1. The lowest BCUT2D eigenvalue weighted by Gasteiger charge is -2.45. The molecule has 0 aromatic heterocycles. The first-order chi connectivity index (χ1) is 20.5. The molecule has 0 aliphatic carbocycles. The van der Waals surface area contributed by atoms with E-state index in [1.165, 1.54) is 17.5 Å². The summed E-state index contributed by atoms with van der Waals surface area (Å²) in [5, 5.41) is 2.34. The van der Waals surface area contributed by atoms with Gasteiger partial charge in [0.25, 0.3) is 0 Å². The molecule has 0 radical (unpaired) electrons. The Labute approximate surface area is 254 Å². The van der Waals surface area contributed by atoms with Crippen LogP contribution in [0.15, 0.2) is 60.7 Å². The summed E-state index contributed by atoms with van der Waals surface area (Å²) in [6, 6.07) is 18.1. The maximum Gasteiger partial charge on any atom is 0.227 e. The van der Waals surface area contributed by atoms with Crippen molar-refractivity contribution in [1.82, 2.24) is 14.7 Å². The van der Waals surface area contributed by atoms with Gasteiger partial charge in [0.1, 0.15) is 17.4 Å². The van der Waals surface area contributed by atoms with Crippen LogP contribution in [0.5, 0.6) is 0 Å². The smallest absolute Gasteiger partial charge is 0.227 e. The highest BCUT2D eigenvalue weighted by molar-refractivity contribution is 5.85. The molecule has 3 aromatic carbocycles. The van der Waals surface area contributed by atoms with Gasteiger partial charge in [-0.15, -0.1) is 0 Å². The van der Waals surface area contributed by atoms with Crippen molar-refractivity contribution < 1.29 is 18.4 Å². The summed E-state index contributed by atoms with van der Waals surface area (Å²) in [6.07, 6.45) is 2.36. The molecule has 0 unspecified atom stereocenters. The topological polar surface area (TPSA) is 43.9 Å². The minimum atomic E-state index is -0.613. The Morgan fingerprint density at radius 2 is 1.67 bits per heavy atom. The fraction of sp³-hybridized carbons (Fsp3) is 0.500. The molecule has 2 heterocycles. The molecule has 3 aromatic rings. The number of likely N-dealkylation sites (tertiary alicyclic amines) is 1. The zero-order chi connectivity index (χ0) is 30.9. The molecule has 7 heteroatoms. The van der Waals surface area contributed by atoms with Crippen molar-refractivity contribution in [2.75, 3.05) is 32.7 Å². The summed E-state index contributed by atoms with van der Waals surface area (Å²) in [4.78, 5) is 33.9. The van der Waals surface area contributed by atoms with Crippen LogP contribution >= 0.6 is 0 Å². The third-order valence-corrected chi connectivity index (χ3v) is 9.52. The van der Waals surface area contributed by atoms with Crippen molar-refractivity contribution in [1.29, 1.82) is 0 Å². The van der Waals surface area contributed by atoms with Gasteiger partial charge in [-0.25, -0.2) is 8.78 Å². The number of carbonyl (C=O) groups excluding carboxylic acids is 2. The Morgan fingerprint density at radius 3 is 2.35 bits per heavy atom. The first kappa shape index (κ1) is 31.3. The van der Waals surface area contributed by atoms with Crippen molar-refractivity contribution in [3.05, 3.63) is 83.4 Å². The molecular formula is C36H45F2N3O2. The Bertz CT molecular complexity index is 1470. The number of hydrogen-bond acceptors (Lipinski definition) is 4. The third kappa shape index (κ3) is 6.83. The number of nitrogens with zero attached hydrogens (tertiary/aromatic N) is 3. The SMILES string of the molecule is CCC[C@H]1CN([C@@H](Cc2ccc3ccccc3c2)C(C)=O)CCN1C(=O)[C@@H]1CN(C(C)(C)C)C[C@H]1c1ccc(F)cc1F. The van der Waals surface area contributed by atoms with Crippen LogP contribution in [0.1, 0.15) is 64.5 Å². The van der Waals surface area contributed by atoms with E-state index in [2.05, 4.69) is 67.8 Å².